The van der Waals surface area contributed by atoms with Gasteiger partial charge in [-0.15, -0.1) is 0 Å². The predicted molar refractivity (Wildman–Crippen MR) is 93.5 cm³/mol. The molecular formula is C17H14Cl2N2O3. The van der Waals surface area contributed by atoms with Crippen molar-refractivity contribution in [3.05, 3.63) is 58.6 Å². The number of carbonyl (C=O) groups is 2. The molecule has 1 aliphatic rings. The lowest BCUT2D eigenvalue weighted by Gasteiger charge is -2.22. The summed E-state index contributed by atoms with van der Waals surface area (Å²) in [6.07, 6.45) is -0.300. The van der Waals surface area contributed by atoms with Crippen LogP contribution < -0.4 is 10.2 Å². The molecule has 2 amide bonds. The number of halogens is 2. The number of imide groups is 1. The van der Waals surface area contributed by atoms with Crippen molar-refractivity contribution in [2.45, 2.75) is 12.0 Å². The zero-order valence-corrected chi connectivity index (χ0v) is 14.0. The summed E-state index contributed by atoms with van der Waals surface area (Å²) in [5.41, 5.74) is -0.824. The minimum absolute atomic E-state index is 0.102. The van der Waals surface area contributed by atoms with Gasteiger partial charge in [0.2, 0.25) is 5.91 Å². The third kappa shape index (κ3) is 3.24. The maximum Gasteiger partial charge on any atom is 0.268 e. The van der Waals surface area contributed by atoms with Crippen molar-refractivity contribution in [3.63, 3.8) is 0 Å². The number of nitrogens with zero attached hydrogens (tertiary/aromatic N) is 1. The monoisotopic (exact) mass is 364 g/mol. The van der Waals surface area contributed by atoms with E-state index in [0.29, 0.717) is 21.4 Å². The Morgan fingerprint density at radius 2 is 1.75 bits per heavy atom. The highest BCUT2D eigenvalue weighted by molar-refractivity contribution is 6.31. The van der Waals surface area contributed by atoms with E-state index in [-0.39, 0.29) is 13.0 Å². The van der Waals surface area contributed by atoms with Gasteiger partial charge in [-0.1, -0.05) is 35.3 Å². The third-order valence-corrected chi connectivity index (χ3v) is 4.24. The molecule has 0 bridgehead atoms. The number of anilines is 2. The molecule has 2 aromatic rings. The topological polar surface area (TPSA) is 69.6 Å². The van der Waals surface area contributed by atoms with E-state index in [1.54, 1.807) is 42.5 Å². The quantitative estimate of drug-likeness (QED) is 0.817. The van der Waals surface area contributed by atoms with Crippen LogP contribution in [0.1, 0.15) is 6.42 Å². The van der Waals surface area contributed by atoms with Gasteiger partial charge in [0.15, 0.2) is 5.60 Å². The second-order valence-corrected chi connectivity index (χ2v) is 6.46. The molecule has 1 heterocycles. The first-order valence-electron chi connectivity index (χ1n) is 7.24. The molecule has 0 spiro atoms. The molecule has 2 N–H and O–H groups in total. The minimum Gasteiger partial charge on any atom is -0.382 e. The number of hydrogen-bond acceptors (Lipinski definition) is 4. The third-order valence-electron chi connectivity index (χ3n) is 3.77. The van der Waals surface area contributed by atoms with Gasteiger partial charge in [0.25, 0.3) is 5.91 Å². The van der Waals surface area contributed by atoms with Crippen molar-refractivity contribution in [1.82, 2.24) is 0 Å². The zero-order chi connectivity index (χ0) is 17.3. The summed E-state index contributed by atoms with van der Waals surface area (Å²) < 4.78 is 0. The molecule has 124 valence electrons. The molecular weight excluding hydrogens is 351 g/mol. The number of carbonyl (C=O) groups excluding carboxylic acids is 2. The number of hydrogen-bond donors (Lipinski definition) is 2. The van der Waals surface area contributed by atoms with Crippen LogP contribution in [0.5, 0.6) is 0 Å². The standard InChI is InChI=1S/C17H14Cl2N2O3/c18-11-3-1-5-13(7-11)20-10-17(24)9-15(22)21(16(17)23)14-6-2-4-12(19)8-14/h1-8,20,24H,9-10H2. The Morgan fingerprint density at radius 3 is 2.42 bits per heavy atom. The summed E-state index contributed by atoms with van der Waals surface area (Å²) in [4.78, 5) is 25.8. The van der Waals surface area contributed by atoms with Crippen LogP contribution in [-0.2, 0) is 9.59 Å². The maximum absolute atomic E-state index is 12.6. The molecule has 24 heavy (non-hydrogen) atoms. The summed E-state index contributed by atoms with van der Waals surface area (Å²) in [5, 5.41) is 14.5. The van der Waals surface area contributed by atoms with E-state index in [0.717, 1.165) is 4.90 Å². The Labute approximate surface area is 148 Å². The van der Waals surface area contributed by atoms with Crippen molar-refractivity contribution >= 4 is 46.4 Å². The molecule has 0 aromatic heterocycles. The molecule has 1 saturated heterocycles. The molecule has 0 aliphatic carbocycles. The van der Waals surface area contributed by atoms with Crippen molar-refractivity contribution in [2.75, 3.05) is 16.8 Å². The smallest absolute Gasteiger partial charge is 0.268 e. The van der Waals surface area contributed by atoms with Crippen molar-refractivity contribution < 1.29 is 14.7 Å². The first-order chi connectivity index (χ1) is 11.4. The summed E-state index contributed by atoms with van der Waals surface area (Å²) in [6, 6.07) is 13.3. The van der Waals surface area contributed by atoms with E-state index >= 15 is 0 Å². The fraction of sp³-hybridized carbons (Fsp3) is 0.176. The fourth-order valence-electron chi connectivity index (χ4n) is 2.59. The van der Waals surface area contributed by atoms with Crippen LogP contribution >= 0.6 is 23.2 Å². The van der Waals surface area contributed by atoms with Crippen molar-refractivity contribution in [1.29, 1.82) is 0 Å². The molecule has 1 fully saturated rings. The Balaban J connectivity index is 1.79. The Hall–Kier alpha value is -2.08. The summed E-state index contributed by atoms with van der Waals surface area (Å²) in [6.45, 7) is -0.102. The Morgan fingerprint density at radius 1 is 1.08 bits per heavy atom. The van der Waals surface area contributed by atoms with Crippen LogP contribution in [0, 0.1) is 0 Å². The van der Waals surface area contributed by atoms with E-state index in [4.69, 9.17) is 23.2 Å². The fourth-order valence-corrected chi connectivity index (χ4v) is 2.96. The van der Waals surface area contributed by atoms with Gasteiger partial charge < -0.3 is 10.4 Å². The van der Waals surface area contributed by atoms with Gasteiger partial charge >= 0.3 is 0 Å². The molecule has 1 atom stereocenters. The molecule has 7 heteroatoms. The SMILES string of the molecule is O=C1CC(O)(CNc2cccc(Cl)c2)C(=O)N1c1cccc(Cl)c1. The predicted octanol–water partition coefficient (Wildman–Crippen LogP) is 3.10. The minimum atomic E-state index is -1.82. The molecule has 1 unspecified atom stereocenters. The Kier molecular flexibility index (Phi) is 4.49. The van der Waals surface area contributed by atoms with Gasteiger partial charge in [0, 0.05) is 15.7 Å². The summed E-state index contributed by atoms with van der Waals surface area (Å²) >= 11 is 11.8. The van der Waals surface area contributed by atoms with Gasteiger partial charge in [-0.2, -0.15) is 0 Å². The molecule has 5 nitrogen and oxygen atoms in total. The molecule has 0 radical (unpaired) electrons. The Bertz CT molecular complexity index is 812. The molecule has 0 saturated carbocycles. The molecule has 2 aromatic carbocycles. The summed E-state index contributed by atoms with van der Waals surface area (Å²) in [7, 11) is 0. The van der Waals surface area contributed by atoms with E-state index in [1.165, 1.54) is 6.07 Å². The zero-order valence-electron chi connectivity index (χ0n) is 12.5. The maximum atomic E-state index is 12.6. The number of aliphatic hydroxyl groups is 1. The van der Waals surface area contributed by atoms with Crippen LogP contribution in [0.3, 0.4) is 0 Å². The van der Waals surface area contributed by atoms with Crippen LogP contribution in [0.25, 0.3) is 0 Å². The highest BCUT2D eigenvalue weighted by atomic mass is 35.5. The van der Waals surface area contributed by atoms with Crippen LogP contribution in [0.2, 0.25) is 10.0 Å². The molecule has 1 aliphatic heterocycles. The second kappa shape index (κ2) is 6.43. The first kappa shape index (κ1) is 16.8. The van der Waals surface area contributed by atoms with Gasteiger partial charge in [0.1, 0.15) is 0 Å². The lowest BCUT2D eigenvalue weighted by atomic mass is 10.0. The van der Waals surface area contributed by atoms with E-state index in [1.807, 2.05) is 0 Å². The molecule has 3 rings (SSSR count). The normalized spacial score (nSPS) is 20.5. The van der Waals surface area contributed by atoms with E-state index in [2.05, 4.69) is 5.32 Å². The highest BCUT2D eigenvalue weighted by Gasteiger charge is 2.51. The lowest BCUT2D eigenvalue weighted by molar-refractivity contribution is -0.131. The first-order valence-corrected chi connectivity index (χ1v) is 7.99. The largest absolute Gasteiger partial charge is 0.382 e. The number of benzene rings is 2. The lowest BCUT2D eigenvalue weighted by Crippen LogP contribution is -2.45. The van der Waals surface area contributed by atoms with Crippen molar-refractivity contribution in [2.24, 2.45) is 0 Å². The van der Waals surface area contributed by atoms with E-state index in [9.17, 15) is 14.7 Å². The van der Waals surface area contributed by atoms with Gasteiger partial charge in [0.05, 0.1) is 18.7 Å². The summed E-state index contributed by atoms with van der Waals surface area (Å²) in [5.74, 6) is -1.15. The van der Waals surface area contributed by atoms with Crippen molar-refractivity contribution in [3.8, 4) is 0 Å². The van der Waals surface area contributed by atoms with E-state index < -0.39 is 17.4 Å². The van der Waals surface area contributed by atoms with Gasteiger partial charge in [-0.05, 0) is 36.4 Å². The number of rotatable bonds is 4. The average Bonchev–Trinajstić information content (AvgIpc) is 2.75. The highest BCUT2D eigenvalue weighted by Crippen LogP contribution is 2.31. The van der Waals surface area contributed by atoms with Gasteiger partial charge in [-0.25, -0.2) is 4.90 Å². The average molecular weight is 365 g/mol. The van der Waals surface area contributed by atoms with Crippen LogP contribution in [0.4, 0.5) is 11.4 Å². The van der Waals surface area contributed by atoms with Gasteiger partial charge in [-0.3, -0.25) is 9.59 Å². The number of nitrogens with one attached hydrogen (secondary N) is 1. The number of amides is 2. The van der Waals surface area contributed by atoms with Crippen LogP contribution in [-0.4, -0.2) is 29.1 Å². The van der Waals surface area contributed by atoms with Crippen LogP contribution in [0.15, 0.2) is 48.5 Å². The second-order valence-electron chi connectivity index (χ2n) is 5.59.